The van der Waals surface area contributed by atoms with Gasteiger partial charge in [0.05, 0.1) is 7.11 Å². The number of hydrogen-bond acceptors (Lipinski definition) is 6. The third-order valence-corrected chi connectivity index (χ3v) is 5.32. The molecule has 4 rings (SSSR count). The first kappa shape index (κ1) is 19.3. The molecule has 152 valence electrons. The smallest absolute Gasteiger partial charge is 0.158 e. The van der Waals surface area contributed by atoms with Crippen molar-refractivity contribution in [3.8, 4) is 5.75 Å². The fourth-order valence-corrected chi connectivity index (χ4v) is 3.60. The van der Waals surface area contributed by atoms with Crippen LogP contribution in [-0.4, -0.2) is 72.7 Å². The Kier molecular flexibility index (Phi) is 5.67. The third kappa shape index (κ3) is 4.35. The van der Waals surface area contributed by atoms with E-state index in [1.165, 1.54) is 0 Å². The summed E-state index contributed by atoms with van der Waals surface area (Å²) in [5.74, 6) is 2.88. The number of aromatic amines is 1. The van der Waals surface area contributed by atoms with Crippen molar-refractivity contribution in [3.05, 3.63) is 59.6 Å². The summed E-state index contributed by atoms with van der Waals surface area (Å²) in [6.07, 6.45) is 8.06. The molecule has 7 nitrogen and oxygen atoms in total. The van der Waals surface area contributed by atoms with Gasteiger partial charge in [0, 0.05) is 44.2 Å². The highest BCUT2D eigenvalue weighted by molar-refractivity contribution is 5.77. The quantitative estimate of drug-likeness (QED) is 0.848. The number of aromatic nitrogens is 2. The van der Waals surface area contributed by atoms with Gasteiger partial charge in [-0.25, -0.2) is 0 Å². The van der Waals surface area contributed by atoms with Gasteiger partial charge in [-0.2, -0.15) is 5.10 Å². The fraction of sp³-hybridized carbons (Fsp3) is 0.364. The predicted molar refractivity (Wildman–Crippen MR) is 117 cm³/mol. The second-order valence-electron chi connectivity index (χ2n) is 7.44. The fourth-order valence-electron chi connectivity index (χ4n) is 3.60. The molecule has 7 heteroatoms. The maximum atomic E-state index is 5.25. The minimum absolute atomic E-state index is 0.153. The van der Waals surface area contributed by atoms with Crippen LogP contribution in [-0.2, 0) is 0 Å². The first-order valence-electron chi connectivity index (χ1n) is 9.94. The van der Waals surface area contributed by atoms with Crippen LogP contribution in [0.5, 0.6) is 5.75 Å². The first-order chi connectivity index (χ1) is 14.1. The summed E-state index contributed by atoms with van der Waals surface area (Å²) < 4.78 is 5.25. The number of likely N-dealkylation sites (N-methyl/N-ethyl adjacent to an activating group) is 1. The SMILES string of the molecule is COc1ccc(C=CC2N=CC=C(N3CCN(C)CC3)N2c2cc(C)[nH]n2)cc1. The van der Waals surface area contributed by atoms with E-state index in [0.717, 1.165) is 54.8 Å². The molecule has 0 amide bonds. The molecule has 1 N–H and O–H groups in total. The molecule has 0 radical (unpaired) electrons. The number of nitrogens with one attached hydrogen (secondary N) is 1. The van der Waals surface area contributed by atoms with E-state index < -0.39 is 0 Å². The molecule has 0 aliphatic carbocycles. The van der Waals surface area contributed by atoms with Crippen LogP contribution in [0.2, 0.25) is 0 Å². The zero-order chi connectivity index (χ0) is 20.2. The van der Waals surface area contributed by atoms with Crippen molar-refractivity contribution >= 4 is 18.1 Å². The lowest BCUT2D eigenvalue weighted by molar-refractivity contribution is 0.182. The molecule has 1 atom stereocenters. The van der Waals surface area contributed by atoms with E-state index in [4.69, 9.17) is 9.73 Å². The van der Waals surface area contributed by atoms with E-state index >= 15 is 0 Å². The number of methoxy groups -OCH3 is 1. The number of anilines is 1. The highest BCUT2D eigenvalue weighted by Gasteiger charge is 2.29. The van der Waals surface area contributed by atoms with Crippen LogP contribution >= 0.6 is 0 Å². The molecule has 0 spiro atoms. The van der Waals surface area contributed by atoms with Crippen LogP contribution in [0.15, 0.2) is 53.3 Å². The topological polar surface area (TPSA) is 60.0 Å². The van der Waals surface area contributed by atoms with Crippen molar-refractivity contribution in [1.82, 2.24) is 20.0 Å². The number of rotatable bonds is 5. The van der Waals surface area contributed by atoms with Crippen molar-refractivity contribution in [2.45, 2.75) is 13.1 Å². The van der Waals surface area contributed by atoms with Gasteiger partial charge in [-0.05, 0) is 43.8 Å². The monoisotopic (exact) mass is 392 g/mol. The molecule has 0 saturated carbocycles. The zero-order valence-electron chi connectivity index (χ0n) is 17.2. The highest BCUT2D eigenvalue weighted by atomic mass is 16.5. The Labute approximate surface area is 172 Å². The number of aliphatic imine (C=N–C) groups is 1. The summed E-state index contributed by atoms with van der Waals surface area (Å²) in [5, 5.41) is 7.59. The highest BCUT2D eigenvalue weighted by Crippen LogP contribution is 2.27. The van der Waals surface area contributed by atoms with E-state index in [0.29, 0.717) is 0 Å². The second-order valence-corrected chi connectivity index (χ2v) is 7.44. The summed E-state index contributed by atoms with van der Waals surface area (Å²) in [4.78, 5) is 11.7. The normalized spacial score (nSPS) is 20.4. The van der Waals surface area contributed by atoms with Crippen LogP contribution in [0.3, 0.4) is 0 Å². The maximum absolute atomic E-state index is 5.25. The molecule has 1 saturated heterocycles. The first-order valence-corrected chi connectivity index (χ1v) is 9.94. The van der Waals surface area contributed by atoms with Crippen molar-refractivity contribution in [2.75, 3.05) is 45.2 Å². The molecule has 3 heterocycles. The van der Waals surface area contributed by atoms with Crippen LogP contribution in [0.25, 0.3) is 6.08 Å². The summed E-state index contributed by atoms with van der Waals surface area (Å²) in [5.41, 5.74) is 2.14. The van der Waals surface area contributed by atoms with Crippen molar-refractivity contribution in [2.24, 2.45) is 4.99 Å². The van der Waals surface area contributed by atoms with Gasteiger partial charge < -0.3 is 14.5 Å². The van der Waals surface area contributed by atoms with Gasteiger partial charge in [0.15, 0.2) is 5.82 Å². The standard InChI is InChI=1S/C22H28N6O/c1-17-16-21(25-24-17)28-20(9-6-18-4-7-19(29-3)8-5-18)23-11-10-22(28)27-14-12-26(2)13-15-27/h4-11,16,20H,12-15H2,1-3H3,(H,24,25). The summed E-state index contributed by atoms with van der Waals surface area (Å²) in [6.45, 7) is 6.10. The van der Waals surface area contributed by atoms with Gasteiger partial charge in [-0.3, -0.25) is 15.0 Å². The Morgan fingerprint density at radius 1 is 1.14 bits per heavy atom. The van der Waals surface area contributed by atoms with Gasteiger partial charge in [-0.15, -0.1) is 0 Å². The Morgan fingerprint density at radius 3 is 2.55 bits per heavy atom. The van der Waals surface area contributed by atoms with E-state index in [2.05, 4.69) is 56.2 Å². The van der Waals surface area contributed by atoms with Gasteiger partial charge in [0.25, 0.3) is 0 Å². The largest absolute Gasteiger partial charge is 0.497 e. The number of H-pyrrole nitrogens is 1. The molecule has 2 aliphatic heterocycles. The average molecular weight is 393 g/mol. The molecule has 1 fully saturated rings. The molecule has 2 aliphatic rings. The molecule has 0 bridgehead atoms. The number of aryl methyl sites for hydroxylation is 1. The Balaban J connectivity index is 1.60. The lowest BCUT2D eigenvalue weighted by Gasteiger charge is -2.41. The molecular weight excluding hydrogens is 364 g/mol. The van der Waals surface area contributed by atoms with E-state index in [9.17, 15) is 0 Å². The number of benzene rings is 1. The number of ether oxygens (including phenoxy) is 1. The average Bonchev–Trinajstić information content (AvgIpc) is 3.18. The number of hydrogen-bond donors (Lipinski definition) is 1. The van der Waals surface area contributed by atoms with Crippen molar-refractivity contribution in [3.63, 3.8) is 0 Å². The van der Waals surface area contributed by atoms with Gasteiger partial charge in [-0.1, -0.05) is 18.2 Å². The molecular formula is C22H28N6O. The molecule has 1 aromatic carbocycles. The molecule has 1 unspecified atom stereocenters. The third-order valence-electron chi connectivity index (χ3n) is 5.32. The minimum atomic E-state index is -0.153. The van der Waals surface area contributed by atoms with Crippen LogP contribution in [0.4, 0.5) is 5.82 Å². The Morgan fingerprint density at radius 2 is 1.90 bits per heavy atom. The van der Waals surface area contributed by atoms with Crippen molar-refractivity contribution < 1.29 is 4.74 Å². The van der Waals surface area contributed by atoms with Crippen molar-refractivity contribution in [1.29, 1.82) is 0 Å². The molecule has 29 heavy (non-hydrogen) atoms. The zero-order valence-corrected chi connectivity index (χ0v) is 17.2. The van der Waals surface area contributed by atoms with Crippen LogP contribution in [0, 0.1) is 6.92 Å². The number of allylic oxidation sites excluding steroid dienone is 1. The van der Waals surface area contributed by atoms with E-state index in [-0.39, 0.29) is 6.17 Å². The number of piperazine rings is 1. The summed E-state index contributed by atoms with van der Waals surface area (Å²) >= 11 is 0. The Hall–Kier alpha value is -3.06. The van der Waals surface area contributed by atoms with Crippen LogP contribution in [0.1, 0.15) is 11.3 Å². The molecule has 2 aromatic rings. The lowest BCUT2D eigenvalue weighted by Crippen LogP contribution is -2.50. The van der Waals surface area contributed by atoms with Crippen LogP contribution < -0.4 is 9.64 Å². The van der Waals surface area contributed by atoms with E-state index in [1.54, 1.807) is 7.11 Å². The number of nitrogens with zero attached hydrogens (tertiary/aromatic N) is 5. The Bertz CT molecular complexity index is 906. The summed E-state index contributed by atoms with van der Waals surface area (Å²) in [7, 11) is 3.85. The summed E-state index contributed by atoms with van der Waals surface area (Å²) in [6, 6.07) is 10.1. The second kappa shape index (κ2) is 8.53. The molecule has 1 aromatic heterocycles. The van der Waals surface area contributed by atoms with Gasteiger partial charge >= 0.3 is 0 Å². The van der Waals surface area contributed by atoms with Gasteiger partial charge in [0.2, 0.25) is 0 Å². The lowest BCUT2D eigenvalue weighted by atomic mass is 10.2. The minimum Gasteiger partial charge on any atom is -0.497 e. The van der Waals surface area contributed by atoms with Gasteiger partial charge in [0.1, 0.15) is 17.7 Å². The van der Waals surface area contributed by atoms with E-state index in [1.807, 2.05) is 37.4 Å². The predicted octanol–water partition coefficient (Wildman–Crippen LogP) is 2.75. The maximum Gasteiger partial charge on any atom is 0.158 e.